The van der Waals surface area contributed by atoms with Crippen molar-refractivity contribution >= 4 is 35.1 Å². The van der Waals surface area contributed by atoms with E-state index in [9.17, 15) is 9.59 Å². The SMILES string of the molecule is CN1c2ccc3cc2Sc2ccc(cc21)CC(=O)OCCOCCOCCOCCOCC[n+]1ccc(cc1)-c1cc[n+](cc1)CCOCCOCCOCCOCCOC(=O)C3.[O-][Cl+3]([O-])([O-])[O-].[O-][Cl+3]([O-])([O-])[O-]. The Balaban J connectivity index is 0.00000105. The van der Waals surface area contributed by atoms with Gasteiger partial charge in [-0.3, -0.25) is 9.59 Å². The van der Waals surface area contributed by atoms with E-state index in [0.29, 0.717) is 92.5 Å². The molecule has 11 heterocycles. The van der Waals surface area contributed by atoms with Gasteiger partial charge in [0.05, 0.1) is 117 Å². The molecule has 0 N–H and O–H groups in total. The van der Waals surface area contributed by atoms with Gasteiger partial charge in [-0.25, -0.2) is 46.4 Å². The van der Waals surface area contributed by atoms with Crippen LogP contribution in [0.25, 0.3) is 11.1 Å². The van der Waals surface area contributed by atoms with E-state index >= 15 is 0 Å². The molecule has 0 aliphatic carbocycles. The summed E-state index contributed by atoms with van der Waals surface area (Å²) in [6, 6.07) is 20.4. The van der Waals surface area contributed by atoms with Gasteiger partial charge in [-0.1, -0.05) is 23.9 Å². The van der Waals surface area contributed by atoms with Crippen molar-refractivity contribution in [2.45, 2.75) is 35.7 Å². The van der Waals surface area contributed by atoms with E-state index < -0.39 is 20.5 Å². The third-order valence-electron chi connectivity index (χ3n) is 10.0. The first-order valence-corrected chi connectivity index (χ1v) is 26.1. The van der Waals surface area contributed by atoms with Crippen LogP contribution in [0.4, 0.5) is 11.4 Å². The molecule has 0 radical (unpaired) electrons. The summed E-state index contributed by atoms with van der Waals surface area (Å²) >= 11 is 1.63. The molecule has 2 aromatic heterocycles. The van der Waals surface area contributed by atoms with Gasteiger partial charge in [0, 0.05) is 41.1 Å². The predicted molar refractivity (Wildman–Crippen MR) is 233 cm³/mol. The van der Waals surface area contributed by atoms with Crippen LogP contribution in [0.15, 0.2) is 95.2 Å². The highest BCUT2D eigenvalue weighted by Gasteiger charge is 2.23. The van der Waals surface area contributed by atoms with Crippen molar-refractivity contribution in [2.75, 3.05) is 131 Å². The van der Waals surface area contributed by atoms with Crippen LogP contribution in [0.1, 0.15) is 11.1 Å². The maximum atomic E-state index is 12.6. The van der Waals surface area contributed by atoms with Crippen molar-refractivity contribution in [2.24, 2.45) is 0 Å². The number of carbonyl (C=O) groups excluding carboxylic acids is 2. The van der Waals surface area contributed by atoms with E-state index in [4.69, 9.17) is 84.6 Å². The smallest absolute Gasteiger partial charge is 0.310 e. The fraction of sp³-hybridized carbons (Fsp3) is 0.489. The number of ether oxygens (including phenoxy) is 10. The summed E-state index contributed by atoms with van der Waals surface area (Å²) in [5, 5.41) is 0. The van der Waals surface area contributed by atoms with E-state index in [-0.39, 0.29) is 51.2 Å². The molecule has 0 atom stereocenters. The minimum Gasteiger partial charge on any atom is -0.463 e. The van der Waals surface area contributed by atoms with Crippen LogP contribution in [-0.4, -0.2) is 138 Å². The van der Waals surface area contributed by atoms with Crippen LogP contribution < -0.4 is 51.3 Å². The average molecular weight is 1090 g/mol. The zero-order valence-electron chi connectivity index (χ0n) is 40.3. The molecular weight excluding hydrogens is 1030 g/mol. The fourth-order valence-corrected chi connectivity index (χ4v) is 7.82. The second-order valence-corrected chi connectivity index (χ2v) is 18.0. The molecule has 9 aliphatic rings. The standard InChI is InChI=1S/C47H61N3O12S.2ClHO4/c1-48-42-4-2-39-35-45(42)63-44-5-3-38(34-43(44)48)36-46(51)61-32-30-59-28-26-57-24-22-55-20-18-53-16-14-49-10-6-40(7-11-49)41-8-12-50(13-9-41)15-17-54-19-21-56-23-25-58-27-29-60-31-33-62-47(52)37-39;2*2-1(3,4)5/h2-13,34-35H,14-33,36-37H2,1H3;2*(H,2,3,4,5)/q+2;;/p-2. The van der Waals surface area contributed by atoms with Gasteiger partial charge in [-0.15, -0.1) is 20.5 Å². The Morgan fingerprint density at radius 3 is 1.14 bits per heavy atom. The molecule has 10 bridgehead atoms. The predicted octanol–water partition coefficient (Wildman–Crippen LogP) is -5.33. The molecule has 0 fully saturated rings. The second-order valence-electron chi connectivity index (χ2n) is 15.4. The van der Waals surface area contributed by atoms with E-state index in [2.05, 4.69) is 63.1 Å². The molecule has 4 aromatic rings. The Hall–Kier alpha value is -4.23. The van der Waals surface area contributed by atoms with Crippen LogP contribution in [0, 0.1) is 20.5 Å². The number of anilines is 2. The summed E-state index contributed by atoms with van der Waals surface area (Å²) in [6.07, 6.45) is 8.56. The van der Waals surface area contributed by atoms with E-state index in [1.54, 1.807) is 11.8 Å². The highest BCUT2D eigenvalue weighted by molar-refractivity contribution is 7.99. The van der Waals surface area contributed by atoms with Crippen LogP contribution in [0.2, 0.25) is 0 Å². The number of rotatable bonds is 0. The number of pyridine rings is 2. The number of carbonyl (C=O) groups is 2. The third-order valence-corrected chi connectivity index (χ3v) is 11.1. The van der Waals surface area contributed by atoms with Crippen LogP contribution in [0.3, 0.4) is 0 Å². The Kier molecular flexibility index (Phi) is 28.9. The number of halogens is 2. The average Bonchev–Trinajstić information content (AvgIpc) is 3.33. The third kappa shape index (κ3) is 28.3. The summed E-state index contributed by atoms with van der Waals surface area (Å²) in [5.41, 5.74) is 6.03. The lowest BCUT2D eigenvalue weighted by Crippen LogP contribution is -2.68. The van der Waals surface area contributed by atoms with Gasteiger partial charge in [-0.05, 0) is 46.5 Å². The van der Waals surface area contributed by atoms with Gasteiger partial charge in [0.2, 0.25) is 0 Å². The lowest BCUT2D eigenvalue weighted by molar-refractivity contribution is -2.00. The summed E-state index contributed by atoms with van der Waals surface area (Å²) in [5.74, 6) is -0.632. The van der Waals surface area contributed by atoms with Crippen LogP contribution in [-0.2, 0) is 82.9 Å². The zero-order chi connectivity index (χ0) is 52.7. The molecule has 0 saturated carbocycles. The minimum absolute atomic E-state index is 0.153. The van der Waals surface area contributed by atoms with Crippen LogP contribution >= 0.6 is 11.8 Å². The molecule has 0 saturated heterocycles. The van der Waals surface area contributed by atoms with Crippen LogP contribution in [0.5, 0.6) is 0 Å². The molecule has 26 heteroatoms. The van der Waals surface area contributed by atoms with Gasteiger partial charge in [0.1, 0.15) is 26.4 Å². The van der Waals surface area contributed by atoms with Crippen molar-refractivity contribution in [3.8, 4) is 11.1 Å². The lowest BCUT2D eigenvalue weighted by Gasteiger charge is -2.30. The maximum absolute atomic E-state index is 12.6. The fourth-order valence-electron chi connectivity index (χ4n) is 6.62. The maximum Gasteiger partial charge on any atom is 0.310 e. The first kappa shape index (κ1) is 61.3. The normalized spacial score (nSPS) is 17.8. The highest BCUT2D eigenvalue weighted by Crippen LogP contribution is 2.48. The quantitative estimate of drug-likeness (QED) is 0.117. The molecule has 2 aromatic carbocycles. The minimum atomic E-state index is -4.94. The number of benzene rings is 2. The van der Waals surface area contributed by atoms with Crippen molar-refractivity contribution in [3.05, 3.63) is 96.6 Å². The van der Waals surface area contributed by atoms with E-state index in [0.717, 1.165) is 56.5 Å². The first-order chi connectivity index (χ1) is 35.0. The lowest BCUT2D eigenvalue weighted by atomic mass is 10.1. The Morgan fingerprint density at radius 1 is 0.425 bits per heavy atom. The zero-order valence-corrected chi connectivity index (χ0v) is 42.6. The molecule has 23 nitrogen and oxygen atoms in total. The van der Waals surface area contributed by atoms with Gasteiger partial charge in [0.25, 0.3) is 0 Å². The molecular formula is C47H61Cl2N3O20S. The van der Waals surface area contributed by atoms with Crippen molar-refractivity contribution in [3.63, 3.8) is 0 Å². The van der Waals surface area contributed by atoms with Crippen molar-refractivity contribution < 1.29 is 124 Å². The Bertz CT molecular complexity index is 2160. The monoisotopic (exact) mass is 1090 g/mol. The first-order valence-electron chi connectivity index (χ1n) is 22.8. The number of hydrogen-bond acceptors (Lipinski definition) is 22. The number of nitrogens with zero attached hydrogens (tertiary/aromatic N) is 3. The Labute approximate surface area is 431 Å². The molecule has 73 heavy (non-hydrogen) atoms. The largest absolute Gasteiger partial charge is 0.463 e. The molecule has 13 rings (SSSR count). The topological polar surface area (TPSA) is 322 Å². The molecule has 404 valence electrons. The van der Waals surface area contributed by atoms with Crippen molar-refractivity contribution in [1.29, 1.82) is 0 Å². The second kappa shape index (κ2) is 34.4. The molecule has 9 aliphatic heterocycles. The number of aromatic nitrogens is 2. The van der Waals surface area contributed by atoms with Gasteiger partial charge < -0.3 is 52.3 Å². The molecule has 0 unspecified atom stereocenters. The van der Waals surface area contributed by atoms with Gasteiger partial charge in [-0.2, -0.15) is 0 Å². The number of esters is 2. The molecule has 0 amide bonds. The summed E-state index contributed by atoms with van der Waals surface area (Å²) in [6.45, 7) is 9.06. The highest BCUT2D eigenvalue weighted by atomic mass is 35.7. The van der Waals surface area contributed by atoms with Gasteiger partial charge in [0.15, 0.2) is 37.9 Å². The Morgan fingerprint density at radius 2 is 0.753 bits per heavy atom. The molecule has 0 spiro atoms. The number of hydrogen-bond donors (Lipinski definition) is 0. The summed E-state index contributed by atoms with van der Waals surface area (Å²) in [7, 11) is -7.89. The van der Waals surface area contributed by atoms with Crippen molar-refractivity contribution in [1.82, 2.24) is 0 Å². The summed E-state index contributed by atoms with van der Waals surface area (Å²) in [4.78, 5) is 29.4. The summed E-state index contributed by atoms with van der Waals surface area (Å²) < 4.78 is 128. The van der Waals surface area contributed by atoms with Gasteiger partial charge >= 0.3 is 11.9 Å². The van der Waals surface area contributed by atoms with E-state index in [1.807, 2.05) is 43.4 Å². The van der Waals surface area contributed by atoms with E-state index in [1.165, 1.54) is 0 Å².